The highest BCUT2D eigenvalue weighted by atomic mass is 32.2. The summed E-state index contributed by atoms with van der Waals surface area (Å²) >= 11 is 0. The molecule has 0 radical (unpaired) electrons. The Morgan fingerprint density at radius 3 is 2.09 bits per heavy atom. The van der Waals surface area contributed by atoms with Gasteiger partial charge in [0.2, 0.25) is 15.9 Å². The van der Waals surface area contributed by atoms with Gasteiger partial charge < -0.3 is 10.2 Å². The zero-order valence-electron chi connectivity index (χ0n) is 18.7. The van der Waals surface area contributed by atoms with E-state index in [0.29, 0.717) is 12.2 Å². The van der Waals surface area contributed by atoms with Crippen LogP contribution in [0.15, 0.2) is 89.8 Å². The SMILES string of the molecule is CN(Cc1ccccc1)S(=O)(=O)c1ccc(NC(=O)C2CCN(c3ccccc3)CC2)cc1. The Kier molecular flexibility index (Phi) is 7.11. The van der Waals surface area contributed by atoms with E-state index in [1.54, 1.807) is 31.3 Å². The molecule has 3 aromatic carbocycles. The minimum atomic E-state index is -3.62. The monoisotopic (exact) mass is 463 g/mol. The topological polar surface area (TPSA) is 69.7 Å². The number of carbonyl (C=O) groups excluding carboxylic acids is 1. The van der Waals surface area contributed by atoms with Crippen molar-refractivity contribution in [2.24, 2.45) is 5.92 Å². The number of nitrogens with zero attached hydrogens (tertiary/aromatic N) is 2. The van der Waals surface area contributed by atoms with Gasteiger partial charge in [-0.1, -0.05) is 48.5 Å². The number of rotatable bonds is 7. The lowest BCUT2D eigenvalue weighted by Gasteiger charge is -2.33. The van der Waals surface area contributed by atoms with Crippen molar-refractivity contribution in [2.45, 2.75) is 24.3 Å². The molecule has 7 heteroatoms. The van der Waals surface area contributed by atoms with Crippen molar-refractivity contribution in [1.82, 2.24) is 4.31 Å². The molecule has 0 atom stereocenters. The maximum absolute atomic E-state index is 12.9. The molecule has 33 heavy (non-hydrogen) atoms. The van der Waals surface area contributed by atoms with Gasteiger partial charge in [0.05, 0.1) is 4.90 Å². The molecule has 1 aliphatic rings. The number of benzene rings is 3. The van der Waals surface area contributed by atoms with E-state index < -0.39 is 10.0 Å². The number of nitrogens with one attached hydrogen (secondary N) is 1. The quantitative estimate of drug-likeness (QED) is 0.565. The van der Waals surface area contributed by atoms with Gasteiger partial charge in [-0.3, -0.25) is 4.79 Å². The molecule has 0 unspecified atom stereocenters. The highest BCUT2D eigenvalue weighted by Gasteiger charge is 2.25. The Hall–Kier alpha value is -3.16. The lowest BCUT2D eigenvalue weighted by atomic mass is 9.95. The predicted molar refractivity (Wildman–Crippen MR) is 132 cm³/mol. The third kappa shape index (κ3) is 5.61. The summed E-state index contributed by atoms with van der Waals surface area (Å²) in [7, 11) is -2.05. The van der Waals surface area contributed by atoms with Gasteiger partial charge in [-0.25, -0.2) is 8.42 Å². The van der Waals surface area contributed by atoms with Crippen LogP contribution in [0.1, 0.15) is 18.4 Å². The number of piperidine rings is 1. The van der Waals surface area contributed by atoms with Gasteiger partial charge >= 0.3 is 0 Å². The van der Waals surface area contributed by atoms with E-state index in [-0.39, 0.29) is 16.7 Å². The van der Waals surface area contributed by atoms with Gasteiger partial charge in [0.1, 0.15) is 0 Å². The fourth-order valence-corrected chi connectivity index (χ4v) is 5.26. The van der Waals surface area contributed by atoms with Crippen LogP contribution in [0.5, 0.6) is 0 Å². The Morgan fingerprint density at radius 1 is 0.909 bits per heavy atom. The normalized spacial score (nSPS) is 14.9. The third-order valence-electron chi connectivity index (χ3n) is 6.07. The van der Waals surface area contributed by atoms with Gasteiger partial charge in [-0.05, 0) is 54.8 Å². The van der Waals surface area contributed by atoms with Crippen molar-refractivity contribution in [3.8, 4) is 0 Å². The molecule has 172 valence electrons. The average molecular weight is 464 g/mol. The first-order valence-electron chi connectivity index (χ1n) is 11.1. The van der Waals surface area contributed by atoms with E-state index >= 15 is 0 Å². The summed E-state index contributed by atoms with van der Waals surface area (Å²) in [5.41, 5.74) is 2.71. The average Bonchev–Trinajstić information content (AvgIpc) is 2.85. The van der Waals surface area contributed by atoms with Crippen LogP contribution in [-0.2, 0) is 21.4 Å². The standard InChI is InChI=1S/C26H29N3O3S/c1-28(20-21-8-4-2-5-9-21)33(31,32)25-14-12-23(13-15-25)27-26(30)22-16-18-29(19-17-22)24-10-6-3-7-11-24/h2-15,22H,16-20H2,1H3,(H,27,30). The third-order valence-corrected chi connectivity index (χ3v) is 7.88. The molecule has 3 aromatic rings. The molecule has 1 aliphatic heterocycles. The molecule has 6 nitrogen and oxygen atoms in total. The first kappa shape index (κ1) is 23.0. The zero-order chi connectivity index (χ0) is 23.3. The predicted octanol–water partition coefficient (Wildman–Crippen LogP) is 4.36. The summed E-state index contributed by atoms with van der Waals surface area (Å²) in [5, 5.41) is 2.95. The van der Waals surface area contributed by atoms with E-state index in [0.717, 1.165) is 31.5 Å². The lowest BCUT2D eigenvalue weighted by molar-refractivity contribution is -0.120. The van der Waals surface area contributed by atoms with Gasteiger partial charge in [0.15, 0.2) is 0 Å². The zero-order valence-corrected chi connectivity index (χ0v) is 19.5. The summed E-state index contributed by atoms with van der Waals surface area (Å²) in [6, 6.07) is 26.1. The number of sulfonamides is 1. The lowest BCUT2D eigenvalue weighted by Crippen LogP contribution is -2.38. The summed E-state index contributed by atoms with van der Waals surface area (Å²) < 4.78 is 27.1. The first-order chi connectivity index (χ1) is 15.9. The van der Waals surface area contributed by atoms with Crippen LogP contribution >= 0.6 is 0 Å². The molecular formula is C26H29N3O3S. The van der Waals surface area contributed by atoms with Crippen LogP contribution in [0.25, 0.3) is 0 Å². The second-order valence-corrected chi connectivity index (χ2v) is 10.4. The maximum atomic E-state index is 12.9. The Balaban J connectivity index is 1.33. The minimum absolute atomic E-state index is 0.0143. The summed E-state index contributed by atoms with van der Waals surface area (Å²) in [4.78, 5) is 15.3. The van der Waals surface area contributed by atoms with Gasteiger partial charge in [-0.15, -0.1) is 0 Å². The molecule has 4 rings (SSSR count). The molecule has 1 N–H and O–H groups in total. The van der Waals surface area contributed by atoms with Crippen molar-refractivity contribution in [3.05, 3.63) is 90.5 Å². The van der Waals surface area contributed by atoms with Crippen LogP contribution in [0.2, 0.25) is 0 Å². The van der Waals surface area contributed by atoms with Crippen LogP contribution < -0.4 is 10.2 Å². The molecule has 0 saturated carbocycles. The van der Waals surface area contributed by atoms with Gasteiger partial charge in [-0.2, -0.15) is 4.31 Å². The summed E-state index contributed by atoms with van der Waals surface area (Å²) in [6.45, 7) is 1.98. The van der Waals surface area contributed by atoms with Crippen LogP contribution in [0, 0.1) is 5.92 Å². The number of hydrogen-bond acceptors (Lipinski definition) is 4. The highest BCUT2D eigenvalue weighted by Crippen LogP contribution is 2.25. The molecule has 1 amide bonds. The molecule has 1 fully saturated rings. The Labute approximate surface area is 195 Å². The van der Waals surface area contributed by atoms with Crippen molar-refractivity contribution >= 4 is 27.3 Å². The molecule has 1 heterocycles. The van der Waals surface area contributed by atoms with E-state index in [1.165, 1.54) is 9.99 Å². The molecule has 0 bridgehead atoms. The van der Waals surface area contributed by atoms with E-state index in [4.69, 9.17) is 0 Å². The van der Waals surface area contributed by atoms with Crippen molar-refractivity contribution in [1.29, 1.82) is 0 Å². The number of para-hydroxylation sites is 1. The number of carbonyl (C=O) groups is 1. The molecular weight excluding hydrogens is 434 g/mol. The van der Waals surface area contributed by atoms with Crippen LogP contribution in [0.4, 0.5) is 11.4 Å². The van der Waals surface area contributed by atoms with Crippen molar-refractivity contribution < 1.29 is 13.2 Å². The molecule has 0 aromatic heterocycles. The van der Waals surface area contributed by atoms with E-state index in [1.807, 2.05) is 48.5 Å². The Bertz CT molecular complexity index is 1160. The first-order valence-corrected chi connectivity index (χ1v) is 12.6. The fourth-order valence-electron chi connectivity index (χ4n) is 4.10. The fraction of sp³-hybridized carbons (Fsp3) is 0.269. The number of hydrogen-bond donors (Lipinski definition) is 1. The van der Waals surface area contributed by atoms with Crippen molar-refractivity contribution in [2.75, 3.05) is 30.4 Å². The second-order valence-electron chi connectivity index (χ2n) is 8.36. The van der Waals surface area contributed by atoms with E-state index in [2.05, 4.69) is 22.3 Å². The minimum Gasteiger partial charge on any atom is -0.371 e. The Morgan fingerprint density at radius 2 is 1.48 bits per heavy atom. The van der Waals surface area contributed by atoms with E-state index in [9.17, 15) is 13.2 Å². The van der Waals surface area contributed by atoms with Crippen LogP contribution in [0.3, 0.4) is 0 Å². The molecule has 0 spiro atoms. The number of amides is 1. The highest BCUT2D eigenvalue weighted by molar-refractivity contribution is 7.89. The van der Waals surface area contributed by atoms with Gasteiger partial charge in [0.25, 0.3) is 0 Å². The number of anilines is 2. The second kappa shape index (κ2) is 10.2. The largest absolute Gasteiger partial charge is 0.371 e. The molecule has 0 aliphatic carbocycles. The summed E-state index contributed by atoms with van der Waals surface area (Å²) in [5.74, 6) is -0.0649. The van der Waals surface area contributed by atoms with Crippen molar-refractivity contribution in [3.63, 3.8) is 0 Å². The summed E-state index contributed by atoms with van der Waals surface area (Å²) in [6.07, 6.45) is 1.58. The smallest absolute Gasteiger partial charge is 0.243 e. The van der Waals surface area contributed by atoms with Gasteiger partial charge in [0, 0.05) is 44.0 Å². The molecule has 1 saturated heterocycles. The maximum Gasteiger partial charge on any atom is 0.243 e. The van der Waals surface area contributed by atoms with Crippen LogP contribution in [-0.4, -0.2) is 38.8 Å².